The summed E-state index contributed by atoms with van der Waals surface area (Å²) in [6.07, 6.45) is 5.00. The molecule has 0 saturated carbocycles. The van der Waals surface area contributed by atoms with Crippen LogP contribution in [0.1, 0.15) is 60.5 Å². The number of aromatic nitrogens is 2. The number of fused-ring (bicyclic) bond motifs is 1. The van der Waals surface area contributed by atoms with E-state index < -0.39 is 0 Å². The minimum absolute atomic E-state index is 0.0199. The summed E-state index contributed by atoms with van der Waals surface area (Å²) in [5.74, 6) is 1.41. The Kier molecular flexibility index (Phi) is 3.63. The molecule has 0 radical (unpaired) electrons. The molecule has 2 heterocycles. The van der Waals surface area contributed by atoms with Crippen LogP contribution in [0.2, 0.25) is 0 Å². The number of hydrogen-bond acceptors (Lipinski definition) is 4. The van der Waals surface area contributed by atoms with Gasteiger partial charge in [0.2, 0.25) is 11.8 Å². The third-order valence-electron chi connectivity index (χ3n) is 5.04. The van der Waals surface area contributed by atoms with Gasteiger partial charge in [0.1, 0.15) is 0 Å². The van der Waals surface area contributed by atoms with Gasteiger partial charge < -0.3 is 9.42 Å². The molecule has 1 aliphatic heterocycles. The van der Waals surface area contributed by atoms with Crippen LogP contribution in [0.5, 0.6) is 0 Å². The van der Waals surface area contributed by atoms with E-state index in [9.17, 15) is 4.79 Å². The molecular formula is C18H21N3O2. The molecule has 0 bridgehead atoms. The first-order valence-corrected chi connectivity index (χ1v) is 8.42. The highest BCUT2D eigenvalue weighted by Crippen LogP contribution is 2.38. The third-order valence-corrected chi connectivity index (χ3v) is 5.04. The van der Waals surface area contributed by atoms with Crippen molar-refractivity contribution < 1.29 is 9.32 Å². The van der Waals surface area contributed by atoms with Crippen molar-refractivity contribution >= 4 is 5.91 Å². The maximum atomic E-state index is 13.2. The van der Waals surface area contributed by atoms with Gasteiger partial charge in [0.25, 0.3) is 0 Å². The molecule has 0 N–H and O–H groups in total. The van der Waals surface area contributed by atoms with Crippen molar-refractivity contribution in [1.29, 1.82) is 0 Å². The van der Waals surface area contributed by atoms with E-state index in [1.165, 1.54) is 11.1 Å². The van der Waals surface area contributed by atoms with E-state index in [4.69, 9.17) is 4.52 Å². The molecule has 1 aliphatic carbocycles. The highest BCUT2D eigenvalue weighted by molar-refractivity contribution is 5.85. The van der Waals surface area contributed by atoms with Crippen molar-refractivity contribution in [2.24, 2.45) is 0 Å². The lowest BCUT2D eigenvalue weighted by Gasteiger charge is -2.31. The second kappa shape index (κ2) is 5.80. The molecule has 1 amide bonds. The molecule has 2 atom stereocenters. The van der Waals surface area contributed by atoms with Crippen molar-refractivity contribution in [3.63, 3.8) is 0 Å². The van der Waals surface area contributed by atoms with Gasteiger partial charge in [-0.3, -0.25) is 4.79 Å². The molecule has 120 valence electrons. The van der Waals surface area contributed by atoms with Crippen LogP contribution in [0.15, 0.2) is 28.8 Å². The number of carbonyl (C=O) groups excluding carboxylic acids is 1. The number of likely N-dealkylation sites (tertiary alicyclic amines) is 1. The number of amides is 1. The molecule has 1 aromatic carbocycles. The van der Waals surface area contributed by atoms with Crippen LogP contribution < -0.4 is 0 Å². The summed E-state index contributed by atoms with van der Waals surface area (Å²) in [6, 6.07) is 8.33. The van der Waals surface area contributed by atoms with Crippen LogP contribution in [0, 0.1) is 6.92 Å². The van der Waals surface area contributed by atoms with Gasteiger partial charge in [-0.2, -0.15) is 4.98 Å². The Morgan fingerprint density at radius 2 is 2.13 bits per heavy atom. The van der Waals surface area contributed by atoms with E-state index in [2.05, 4.69) is 28.3 Å². The van der Waals surface area contributed by atoms with Crippen molar-refractivity contribution in [3.8, 4) is 0 Å². The first kappa shape index (κ1) is 14.4. The van der Waals surface area contributed by atoms with E-state index in [1.807, 2.05) is 11.0 Å². The summed E-state index contributed by atoms with van der Waals surface area (Å²) in [7, 11) is 0. The first-order chi connectivity index (χ1) is 11.2. The Hall–Kier alpha value is -2.17. The van der Waals surface area contributed by atoms with E-state index >= 15 is 0 Å². The molecule has 4 rings (SSSR count). The molecule has 1 fully saturated rings. The molecule has 5 nitrogen and oxygen atoms in total. The lowest BCUT2D eigenvalue weighted by Crippen LogP contribution is -2.36. The quantitative estimate of drug-likeness (QED) is 0.855. The van der Waals surface area contributed by atoms with Crippen LogP contribution in [-0.2, 0) is 11.2 Å². The zero-order chi connectivity index (χ0) is 15.8. The second-order valence-electron chi connectivity index (χ2n) is 6.50. The Labute approximate surface area is 135 Å². The van der Waals surface area contributed by atoms with Crippen molar-refractivity contribution in [3.05, 3.63) is 47.1 Å². The molecule has 0 unspecified atom stereocenters. The summed E-state index contributed by atoms with van der Waals surface area (Å²) in [5, 5.41) is 4.04. The van der Waals surface area contributed by atoms with E-state index in [0.717, 1.165) is 38.6 Å². The number of carbonyl (C=O) groups is 1. The van der Waals surface area contributed by atoms with Crippen LogP contribution in [0.25, 0.3) is 0 Å². The summed E-state index contributed by atoms with van der Waals surface area (Å²) in [6.45, 7) is 2.57. The normalized spacial score (nSPS) is 23.8. The number of aryl methyl sites for hydroxylation is 2. The second-order valence-corrected chi connectivity index (χ2v) is 6.50. The Bertz CT molecular complexity index is 725. The van der Waals surface area contributed by atoms with Crippen LogP contribution in [0.4, 0.5) is 0 Å². The van der Waals surface area contributed by atoms with E-state index in [0.29, 0.717) is 11.7 Å². The fourth-order valence-electron chi connectivity index (χ4n) is 3.96. The zero-order valence-electron chi connectivity index (χ0n) is 13.4. The van der Waals surface area contributed by atoms with Crippen molar-refractivity contribution in [2.45, 2.75) is 51.0 Å². The van der Waals surface area contributed by atoms with Crippen molar-refractivity contribution in [2.75, 3.05) is 6.54 Å². The van der Waals surface area contributed by atoms with E-state index in [1.54, 1.807) is 6.92 Å². The summed E-state index contributed by atoms with van der Waals surface area (Å²) >= 11 is 0. The molecule has 5 heteroatoms. The number of benzene rings is 1. The van der Waals surface area contributed by atoms with Gasteiger partial charge in [-0.1, -0.05) is 29.4 Å². The van der Waals surface area contributed by atoms with Crippen LogP contribution >= 0.6 is 0 Å². The molecule has 23 heavy (non-hydrogen) atoms. The lowest BCUT2D eigenvalue weighted by atomic mass is 9.82. The predicted molar refractivity (Wildman–Crippen MR) is 84.8 cm³/mol. The zero-order valence-corrected chi connectivity index (χ0v) is 13.4. The van der Waals surface area contributed by atoms with Gasteiger partial charge in [0.15, 0.2) is 5.82 Å². The molecule has 0 spiro atoms. The third kappa shape index (κ3) is 2.54. The topological polar surface area (TPSA) is 59.2 Å². The fourth-order valence-corrected chi connectivity index (χ4v) is 3.96. The van der Waals surface area contributed by atoms with Gasteiger partial charge >= 0.3 is 0 Å². The number of nitrogens with zero attached hydrogens (tertiary/aromatic N) is 3. The minimum Gasteiger partial charge on any atom is -0.340 e. The summed E-state index contributed by atoms with van der Waals surface area (Å²) in [5.41, 5.74) is 2.53. The minimum atomic E-state index is -0.0333. The van der Waals surface area contributed by atoms with E-state index in [-0.39, 0.29) is 17.9 Å². The monoisotopic (exact) mass is 311 g/mol. The lowest BCUT2D eigenvalue weighted by molar-refractivity contribution is -0.134. The maximum absolute atomic E-state index is 13.2. The average Bonchev–Trinajstić information content (AvgIpc) is 3.22. The first-order valence-electron chi connectivity index (χ1n) is 8.42. The van der Waals surface area contributed by atoms with Crippen LogP contribution in [0.3, 0.4) is 0 Å². The largest absolute Gasteiger partial charge is 0.340 e. The standard InChI is InChI=1S/C18H21N3O2/c1-12-19-17(20-23-12)16-10-5-11-21(16)18(22)15-9-4-7-13-6-2-3-8-14(13)15/h2-3,6,8,15-16H,4-5,7,9-11H2,1H3/t15-,16-/m1/s1. The summed E-state index contributed by atoms with van der Waals surface area (Å²) in [4.78, 5) is 19.5. The molecule has 1 saturated heterocycles. The Balaban J connectivity index is 1.62. The maximum Gasteiger partial charge on any atom is 0.230 e. The SMILES string of the molecule is Cc1nc([C@H]2CCCN2C(=O)[C@@H]2CCCc3ccccc32)no1. The molecular weight excluding hydrogens is 290 g/mol. The van der Waals surface area contributed by atoms with Crippen molar-refractivity contribution in [1.82, 2.24) is 15.0 Å². The summed E-state index contributed by atoms with van der Waals surface area (Å²) < 4.78 is 5.11. The fraction of sp³-hybridized carbons (Fsp3) is 0.500. The average molecular weight is 311 g/mol. The molecule has 2 aromatic rings. The molecule has 1 aromatic heterocycles. The highest BCUT2D eigenvalue weighted by Gasteiger charge is 2.38. The van der Waals surface area contributed by atoms with Gasteiger partial charge in [-0.25, -0.2) is 0 Å². The smallest absolute Gasteiger partial charge is 0.230 e. The molecule has 2 aliphatic rings. The van der Waals surface area contributed by atoms with Gasteiger partial charge in [-0.05, 0) is 43.2 Å². The van der Waals surface area contributed by atoms with Gasteiger partial charge in [0, 0.05) is 13.5 Å². The Morgan fingerprint density at radius 3 is 2.96 bits per heavy atom. The van der Waals surface area contributed by atoms with Gasteiger partial charge in [0.05, 0.1) is 12.0 Å². The van der Waals surface area contributed by atoms with Gasteiger partial charge in [-0.15, -0.1) is 0 Å². The number of hydrogen-bond donors (Lipinski definition) is 0. The predicted octanol–water partition coefficient (Wildman–Crippen LogP) is 3.16. The highest BCUT2D eigenvalue weighted by atomic mass is 16.5. The van der Waals surface area contributed by atoms with Crippen LogP contribution in [-0.4, -0.2) is 27.5 Å². The number of rotatable bonds is 2. The Morgan fingerprint density at radius 1 is 1.26 bits per heavy atom.